The summed E-state index contributed by atoms with van der Waals surface area (Å²) in [6.45, 7) is 7.76. The summed E-state index contributed by atoms with van der Waals surface area (Å²) in [7, 11) is 0. The van der Waals surface area contributed by atoms with Crippen molar-refractivity contribution in [2.45, 2.75) is 70.6 Å². The van der Waals surface area contributed by atoms with Crippen LogP contribution in [0.2, 0.25) is 0 Å². The molecule has 0 spiro atoms. The summed E-state index contributed by atoms with van der Waals surface area (Å²) in [6.07, 6.45) is 1.74. The number of nitrogens with zero attached hydrogens (tertiary/aromatic N) is 6. The normalized spacial score (nSPS) is 19.8. The number of aromatic nitrogens is 6. The van der Waals surface area contributed by atoms with Gasteiger partial charge in [-0.15, -0.1) is 0 Å². The van der Waals surface area contributed by atoms with Crippen LogP contribution >= 0.6 is 0 Å². The van der Waals surface area contributed by atoms with Gasteiger partial charge in [-0.2, -0.15) is 9.97 Å². The topological polar surface area (TPSA) is 180 Å². The Labute approximate surface area is 247 Å². The molecule has 3 N–H and O–H groups in total. The Hall–Kier alpha value is -4.79. The van der Waals surface area contributed by atoms with Crippen molar-refractivity contribution in [1.82, 2.24) is 29.7 Å². The molecule has 228 valence electrons. The first-order valence-corrected chi connectivity index (χ1v) is 14.3. The van der Waals surface area contributed by atoms with Crippen LogP contribution in [-0.2, 0) is 30.2 Å². The Morgan fingerprint density at radius 2 is 1.81 bits per heavy atom. The fourth-order valence-electron chi connectivity index (χ4n) is 4.94. The number of hydrogen-bond acceptors (Lipinski definition) is 14. The average molecular weight is 594 g/mol. The number of fused-ring (bicyclic) bond motifs is 1. The molecule has 15 heteroatoms. The fraction of sp³-hybridized carbons (Fsp3) is 0.464. The van der Waals surface area contributed by atoms with Crippen LogP contribution in [0.15, 0.2) is 41.3 Å². The van der Waals surface area contributed by atoms with Crippen LogP contribution in [0.3, 0.4) is 0 Å². The first kappa shape index (κ1) is 29.7. The van der Waals surface area contributed by atoms with Crippen molar-refractivity contribution in [2.75, 3.05) is 29.0 Å². The highest BCUT2D eigenvalue weighted by molar-refractivity contribution is 5.84. The summed E-state index contributed by atoms with van der Waals surface area (Å²) in [6, 6.07) is 7.52. The number of carbonyl (C=O) groups is 2. The van der Waals surface area contributed by atoms with Gasteiger partial charge in [0.2, 0.25) is 5.95 Å². The van der Waals surface area contributed by atoms with Crippen LogP contribution in [0.1, 0.15) is 57.4 Å². The van der Waals surface area contributed by atoms with Crippen LogP contribution in [0.25, 0.3) is 11.2 Å². The summed E-state index contributed by atoms with van der Waals surface area (Å²) in [4.78, 5) is 41.4. The highest BCUT2D eigenvalue weighted by atomic mass is 16.6. The average Bonchev–Trinajstić information content (AvgIpc) is 3.77. The van der Waals surface area contributed by atoms with E-state index >= 15 is 0 Å². The summed E-state index contributed by atoms with van der Waals surface area (Å²) in [5, 5.41) is 14.0. The molecule has 4 aromatic heterocycles. The third kappa shape index (κ3) is 6.51. The van der Waals surface area contributed by atoms with Crippen LogP contribution in [0, 0.1) is 0 Å². The number of rotatable bonds is 16. The molecule has 0 saturated carbocycles. The highest BCUT2D eigenvalue weighted by Crippen LogP contribution is 2.43. The molecular weight excluding hydrogens is 558 g/mol. The number of nitrogens with one attached hydrogen (secondary N) is 3. The standard InChI is InChI=1S/C28H35N9O6/c1-4-17(5-2)33-25-21-26(35-28(34-25)31-12-11-30-20-9-7-8-10-29-20)37(14-32-21)27-24(41-16-39)23(40-15-38)22(42-27)19-13-18(6-3)36-43-19/h7-10,13-17,22-24,27H,4-6,11-12H2,1-3H3,(H,29,30)(H2,31,33,34,35)/t22-,23-,24-,27-/m1/s1. The maximum absolute atomic E-state index is 11.6. The van der Waals surface area contributed by atoms with Crippen molar-refractivity contribution in [1.29, 1.82) is 0 Å². The Balaban J connectivity index is 1.48. The second kappa shape index (κ2) is 13.9. The van der Waals surface area contributed by atoms with E-state index in [0.29, 0.717) is 53.9 Å². The highest BCUT2D eigenvalue weighted by Gasteiger charge is 2.51. The number of ether oxygens (including phenoxy) is 3. The van der Waals surface area contributed by atoms with Gasteiger partial charge in [-0.3, -0.25) is 14.2 Å². The molecule has 4 atom stereocenters. The molecule has 0 radical (unpaired) electrons. The minimum absolute atomic E-state index is 0.157. The molecule has 0 bridgehead atoms. The van der Waals surface area contributed by atoms with Gasteiger partial charge in [0, 0.05) is 31.4 Å². The zero-order chi connectivity index (χ0) is 30.2. The number of anilines is 3. The molecule has 5 rings (SSSR count). The number of hydrogen-bond donors (Lipinski definition) is 3. The number of aryl methyl sites for hydroxylation is 1. The largest absolute Gasteiger partial charge is 0.457 e. The van der Waals surface area contributed by atoms with E-state index in [2.05, 4.69) is 44.9 Å². The van der Waals surface area contributed by atoms with E-state index < -0.39 is 24.5 Å². The van der Waals surface area contributed by atoms with Gasteiger partial charge >= 0.3 is 0 Å². The van der Waals surface area contributed by atoms with E-state index in [-0.39, 0.29) is 19.0 Å². The first-order chi connectivity index (χ1) is 21.1. The second-order valence-electron chi connectivity index (χ2n) is 9.86. The molecule has 0 amide bonds. The van der Waals surface area contributed by atoms with E-state index in [0.717, 1.165) is 18.7 Å². The lowest BCUT2D eigenvalue weighted by atomic mass is 10.1. The van der Waals surface area contributed by atoms with Crippen molar-refractivity contribution in [2.24, 2.45) is 0 Å². The van der Waals surface area contributed by atoms with E-state index in [1.54, 1.807) is 16.8 Å². The Morgan fingerprint density at radius 1 is 1.02 bits per heavy atom. The monoisotopic (exact) mass is 593 g/mol. The molecule has 1 aliphatic rings. The Kier molecular flexibility index (Phi) is 9.61. The molecule has 15 nitrogen and oxygen atoms in total. The number of pyridine rings is 1. The number of carbonyl (C=O) groups excluding carboxylic acids is 2. The predicted molar refractivity (Wildman–Crippen MR) is 155 cm³/mol. The van der Waals surface area contributed by atoms with Gasteiger partial charge < -0.3 is 34.7 Å². The third-order valence-electron chi connectivity index (χ3n) is 7.24. The molecule has 5 heterocycles. The zero-order valence-corrected chi connectivity index (χ0v) is 24.2. The van der Waals surface area contributed by atoms with Gasteiger partial charge in [0.1, 0.15) is 5.82 Å². The summed E-state index contributed by atoms with van der Waals surface area (Å²) in [5.74, 6) is 2.00. The van der Waals surface area contributed by atoms with Crippen LogP contribution in [-0.4, -0.2) is 73.9 Å². The number of imidazole rings is 1. The molecule has 1 saturated heterocycles. The van der Waals surface area contributed by atoms with Gasteiger partial charge in [-0.1, -0.05) is 32.0 Å². The lowest BCUT2D eigenvalue weighted by molar-refractivity contribution is -0.151. The second-order valence-corrected chi connectivity index (χ2v) is 9.86. The van der Waals surface area contributed by atoms with Crippen molar-refractivity contribution in [3.63, 3.8) is 0 Å². The van der Waals surface area contributed by atoms with Gasteiger partial charge in [0.05, 0.1) is 12.0 Å². The summed E-state index contributed by atoms with van der Waals surface area (Å²) >= 11 is 0. The lowest BCUT2D eigenvalue weighted by Gasteiger charge is -2.21. The van der Waals surface area contributed by atoms with Crippen molar-refractivity contribution in [3.8, 4) is 0 Å². The smallest absolute Gasteiger partial charge is 0.293 e. The van der Waals surface area contributed by atoms with Crippen LogP contribution < -0.4 is 16.0 Å². The summed E-state index contributed by atoms with van der Waals surface area (Å²) < 4.78 is 24.3. The quantitative estimate of drug-likeness (QED) is 0.127. The van der Waals surface area contributed by atoms with Gasteiger partial charge in [0.15, 0.2) is 47.3 Å². The predicted octanol–water partition coefficient (Wildman–Crippen LogP) is 3.25. The maximum Gasteiger partial charge on any atom is 0.293 e. The minimum atomic E-state index is -1.04. The molecule has 0 aromatic carbocycles. The van der Waals surface area contributed by atoms with E-state index in [1.807, 2.05) is 25.1 Å². The van der Waals surface area contributed by atoms with Crippen molar-refractivity contribution in [3.05, 3.63) is 48.2 Å². The maximum atomic E-state index is 11.6. The molecule has 0 aliphatic carbocycles. The molecule has 0 unspecified atom stereocenters. The third-order valence-corrected chi connectivity index (χ3v) is 7.24. The van der Waals surface area contributed by atoms with Crippen molar-refractivity contribution < 1.29 is 28.3 Å². The molecule has 4 aromatic rings. The molecular formula is C28H35N9O6. The fourth-order valence-corrected chi connectivity index (χ4v) is 4.94. The van der Waals surface area contributed by atoms with E-state index in [1.165, 1.54) is 6.33 Å². The zero-order valence-electron chi connectivity index (χ0n) is 24.2. The van der Waals surface area contributed by atoms with Crippen LogP contribution in [0.5, 0.6) is 0 Å². The Bertz CT molecular complexity index is 1490. The molecule has 43 heavy (non-hydrogen) atoms. The van der Waals surface area contributed by atoms with E-state index in [4.69, 9.17) is 28.7 Å². The van der Waals surface area contributed by atoms with E-state index in [9.17, 15) is 9.59 Å². The lowest BCUT2D eigenvalue weighted by Crippen LogP contribution is -2.34. The summed E-state index contributed by atoms with van der Waals surface area (Å²) in [5.41, 5.74) is 1.62. The molecule has 1 fully saturated rings. The Morgan fingerprint density at radius 3 is 2.51 bits per heavy atom. The van der Waals surface area contributed by atoms with Crippen LogP contribution in [0.4, 0.5) is 17.6 Å². The molecule has 1 aliphatic heterocycles. The van der Waals surface area contributed by atoms with Gasteiger partial charge in [0.25, 0.3) is 12.9 Å². The first-order valence-electron chi connectivity index (χ1n) is 14.3. The van der Waals surface area contributed by atoms with Crippen molar-refractivity contribution >= 4 is 41.7 Å². The van der Waals surface area contributed by atoms with Gasteiger partial charge in [-0.25, -0.2) is 9.97 Å². The SMILES string of the molecule is CCc1cc([C@H]2O[C@@H](n3cnc4c(NC(CC)CC)nc(NCCNc5ccccn5)nc43)[C@H](OC=O)[C@@H]2OC=O)on1. The minimum Gasteiger partial charge on any atom is -0.457 e. The van der Waals surface area contributed by atoms with Gasteiger partial charge in [-0.05, 0) is 31.4 Å².